The summed E-state index contributed by atoms with van der Waals surface area (Å²) >= 11 is 0. The van der Waals surface area contributed by atoms with Gasteiger partial charge in [0.15, 0.2) is 0 Å². The molecule has 1 aliphatic heterocycles. The maximum atomic E-state index is 13.7. The first-order valence-corrected chi connectivity index (χ1v) is 10.1. The minimum Gasteiger partial charge on any atom is -0.508 e. The van der Waals surface area contributed by atoms with E-state index in [0.717, 1.165) is 22.4 Å². The lowest BCUT2D eigenvalue weighted by atomic mass is 9.72. The molecule has 1 atom stereocenters. The van der Waals surface area contributed by atoms with Crippen LogP contribution in [0.15, 0.2) is 90.5 Å². The van der Waals surface area contributed by atoms with Gasteiger partial charge in [0.2, 0.25) is 0 Å². The molecule has 4 nitrogen and oxygen atoms in total. The molecule has 148 valence electrons. The number of phenols is 1. The zero-order valence-corrected chi connectivity index (χ0v) is 16.4. The van der Waals surface area contributed by atoms with Crippen LogP contribution in [0, 0.1) is 0 Å². The third-order valence-corrected chi connectivity index (χ3v) is 6.10. The number of fused-ring (bicyclic) bond motifs is 1. The van der Waals surface area contributed by atoms with Crippen LogP contribution in [-0.4, -0.2) is 16.8 Å². The fourth-order valence-corrected chi connectivity index (χ4v) is 4.80. The number of aromatic hydroxyl groups is 1. The van der Waals surface area contributed by atoms with Gasteiger partial charge < -0.3 is 5.11 Å². The van der Waals surface area contributed by atoms with E-state index in [0.29, 0.717) is 24.8 Å². The monoisotopic (exact) mass is 395 g/mol. The number of hydrogen-bond acceptors (Lipinski definition) is 3. The van der Waals surface area contributed by atoms with Gasteiger partial charge in [-0.15, -0.1) is 0 Å². The number of benzene rings is 3. The van der Waals surface area contributed by atoms with E-state index in [1.54, 1.807) is 12.1 Å². The van der Waals surface area contributed by atoms with Gasteiger partial charge >= 0.3 is 0 Å². The zero-order chi connectivity index (χ0) is 20.7. The Morgan fingerprint density at radius 3 is 2.20 bits per heavy atom. The average molecular weight is 395 g/mol. The molecule has 0 saturated heterocycles. The molecule has 4 heteroatoms. The molecule has 1 amide bonds. The number of Topliss-reactive ketones (excluding diaryl/α,β-unsaturated/α-hetero) is 1. The number of nitrogens with zero attached hydrogens (tertiary/aromatic N) is 1. The highest BCUT2D eigenvalue weighted by Gasteiger charge is 2.53. The van der Waals surface area contributed by atoms with Crippen LogP contribution in [-0.2, 0) is 10.3 Å². The van der Waals surface area contributed by atoms with Crippen molar-refractivity contribution in [3.63, 3.8) is 0 Å². The molecule has 0 bridgehead atoms. The summed E-state index contributed by atoms with van der Waals surface area (Å²) in [6.07, 6.45) is 3.41. The predicted molar refractivity (Wildman–Crippen MR) is 116 cm³/mol. The molecule has 0 spiro atoms. The fourth-order valence-electron chi connectivity index (χ4n) is 4.80. The molecule has 30 heavy (non-hydrogen) atoms. The molecule has 1 heterocycles. The molecule has 1 N–H and O–H groups in total. The SMILES string of the molecule is O=C1CC=C(C2(c3ccc(O)cc3)c3ccccc3C(=O)N2c2ccccc2)CC1. The van der Waals surface area contributed by atoms with E-state index in [1.165, 1.54) is 0 Å². The molecular weight excluding hydrogens is 374 g/mol. The molecule has 0 saturated carbocycles. The van der Waals surface area contributed by atoms with Crippen LogP contribution < -0.4 is 4.90 Å². The van der Waals surface area contributed by atoms with Crippen LogP contribution >= 0.6 is 0 Å². The van der Waals surface area contributed by atoms with Gasteiger partial charge in [-0.05, 0) is 53.5 Å². The van der Waals surface area contributed by atoms with Gasteiger partial charge in [0.25, 0.3) is 5.91 Å². The Kier molecular flexibility index (Phi) is 4.28. The Labute approximate surface area is 175 Å². The molecular formula is C26H21NO3. The predicted octanol–water partition coefficient (Wildman–Crippen LogP) is 4.98. The standard InChI is InChI=1S/C26H21NO3/c28-21-14-10-18(11-15-21)26(19-12-16-22(29)17-13-19)24-9-5-4-8-23(24)25(30)27(26)20-6-2-1-3-7-20/h1-12,14-15,28H,13,16-17H2. The number of allylic oxidation sites excluding steroid dienone is 1. The fraction of sp³-hybridized carbons (Fsp3) is 0.154. The Bertz CT molecular complexity index is 1160. The molecule has 5 rings (SSSR count). The quantitative estimate of drug-likeness (QED) is 0.637. The van der Waals surface area contributed by atoms with Gasteiger partial charge in [-0.2, -0.15) is 0 Å². The number of amides is 1. The maximum Gasteiger partial charge on any atom is 0.259 e. The van der Waals surface area contributed by atoms with Crippen molar-refractivity contribution in [2.45, 2.75) is 24.8 Å². The van der Waals surface area contributed by atoms with E-state index in [2.05, 4.69) is 0 Å². The summed E-state index contributed by atoms with van der Waals surface area (Å²) in [5, 5.41) is 9.92. The van der Waals surface area contributed by atoms with E-state index in [9.17, 15) is 14.7 Å². The zero-order valence-electron chi connectivity index (χ0n) is 16.4. The summed E-state index contributed by atoms with van der Waals surface area (Å²) in [6.45, 7) is 0. The molecule has 0 radical (unpaired) electrons. The van der Waals surface area contributed by atoms with Crippen molar-refractivity contribution >= 4 is 17.4 Å². The summed E-state index contributed by atoms with van der Waals surface area (Å²) in [5.41, 5.74) is 3.43. The second-order valence-corrected chi connectivity index (χ2v) is 7.75. The summed E-state index contributed by atoms with van der Waals surface area (Å²) < 4.78 is 0. The molecule has 0 aromatic heterocycles. The van der Waals surface area contributed by atoms with E-state index < -0.39 is 5.54 Å². The van der Waals surface area contributed by atoms with Crippen LogP contribution in [0.3, 0.4) is 0 Å². The van der Waals surface area contributed by atoms with Gasteiger partial charge in [0.1, 0.15) is 17.1 Å². The summed E-state index contributed by atoms with van der Waals surface area (Å²) in [4.78, 5) is 27.6. The average Bonchev–Trinajstić information content (AvgIpc) is 3.05. The number of ketones is 1. The molecule has 1 unspecified atom stereocenters. The number of hydrogen-bond donors (Lipinski definition) is 1. The topological polar surface area (TPSA) is 57.6 Å². The van der Waals surface area contributed by atoms with Crippen molar-refractivity contribution in [3.8, 4) is 5.75 Å². The summed E-state index contributed by atoms with van der Waals surface area (Å²) in [5.74, 6) is 0.316. The van der Waals surface area contributed by atoms with Crippen molar-refractivity contribution in [3.05, 3.63) is 107 Å². The van der Waals surface area contributed by atoms with Gasteiger partial charge in [-0.1, -0.05) is 54.6 Å². The van der Waals surface area contributed by atoms with E-state index in [-0.39, 0.29) is 17.4 Å². The van der Waals surface area contributed by atoms with Gasteiger partial charge in [-0.25, -0.2) is 0 Å². The number of para-hydroxylation sites is 1. The van der Waals surface area contributed by atoms with Crippen LogP contribution in [0.25, 0.3) is 0 Å². The highest BCUT2D eigenvalue weighted by atomic mass is 16.3. The van der Waals surface area contributed by atoms with Crippen molar-refractivity contribution in [1.82, 2.24) is 0 Å². The molecule has 2 aliphatic rings. The third kappa shape index (κ3) is 2.61. The highest BCUT2D eigenvalue weighted by Crippen LogP contribution is 2.53. The number of carbonyl (C=O) groups excluding carboxylic acids is 2. The van der Waals surface area contributed by atoms with Crippen LogP contribution in [0.1, 0.15) is 40.7 Å². The molecule has 1 aliphatic carbocycles. The first kappa shape index (κ1) is 18.4. The Morgan fingerprint density at radius 1 is 0.800 bits per heavy atom. The second kappa shape index (κ2) is 6.99. The third-order valence-electron chi connectivity index (χ3n) is 6.10. The molecule has 3 aromatic carbocycles. The van der Waals surface area contributed by atoms with Crippen LogP contribution in [0.2, 0.25) is 0 Å². The Morgan fingerprint density at radius 2 is 1.50 bits per heavy atom. The van der Waals surface area contributed by atoms with Gasteiger partial charge in [0, 0.05) is 24.1 Å². The van der Waals surface area contributed by atoms with Gasteiger partial charge in [0.05, 0.1) is 0 Å². The van der Waals surface area contributed by atoms with Crippen LogP contribution in [0.4, 0.5) is 5.69 Å². The minimum absolute atomic E-state index is 0.0670. The second-order valence-electron chi connectivity index (χ2n) is 7.75. The minimum atomic E-state index is -0.858. The number of rotatable bonds is 3. The van der Waals surface area contributed by atoms with Crippen LogP contribution in [0.5, 0.6) is 5.75 Å². The normalized spacial score (nSPS) is 20.8. The Hall–Kier alpha value is -3.66. The van der Waals surface area contributed by atoms with Crippen molar-refractivity contribution < 1.29 is 14.7 Å². The number of anilines is 1. The molecule has 3 aromatic rings. The van der Waals surface area contributed by atoms with Gasteiger partial charge in [-0.3, -0.25) is 14.5 Å². The Balaban J connectivity index is 1.87. The smallest absolute Gasteiger partial charge is 0.259 e. The van der Waals surface area contributed by atoms with Crippen molar-refractivity contribution in [2.24, 2.45) is 0 Å². The van der Waals surface area contributed by atoms with Crippen molar-refractivity contribution in [2.75, 3.05) is 4.90 Å². The lowest BCUT2D eigenvalue weighted by Crippen LogP contribution is -2.47. The summed E-state index contributed by atoms with van der Waals surface area (Å²) in [6, 6.07) is 24.4. The largest absolute Gasteiger partial charge is 0.508 e. The molecule has 0 fully saturated rings. The van der Waals surface area contributed by atoms with Crippen molar-refractivity contribution in [1.29, 1.82) is 0 Å². The first-order valence-electron chi connectivity index (χ1n) is 10.1. The maximum absolute atomic E-state index is 13.7. The first-order chi connectivity index (χ1) is 14.6. The number of phenolic OH excluding ortho intramolecular Hbond substituents is 1. The van der Waals surface area contributed by atoms with E-state index in [4.69, 9.17) is 0 Å². The van der Waals surface area contributed by atoms with E-state index >= 15 is 0 Å². The lowest BCUT2D eigenvalue weighted by molar-refractivity contribution is -0.118. The summed E-state index contributed by atoms with van der Waals surface area (Å²) in [7, 11) is 0. The highest BCUT2D eigenvalue weighted by molar-refractivity contribution is 6.13. The lowest BCUT2D eigenvalue weighted by Gasteiger charge is -2.43. The number of carbonyl (C=O) groups is 2. The van der Waals surface area contributed by atoms with E-state index in [1.807, 2.05) is 77.7 Å².